The van der Waals surface area contributed by atoms with Gasteiger partial charge in [0.15, 0.2) is 0 Å². The second kappa shape index (κ2) is 5.24. The number of aromatic nitrogens is 1. The molecule has 1 aromatic heterocycles. The van der Waals surface area contributed by atoms with Crippen LogP contribution in [-0.4, -0.2) is 28.6 Å². The van der Waals surface area contributed by atoms with Gasteiger partial charge in [-0.3, -0.25) is 4.79 Å². The zero-order chi connectivity index (χ0) is 12.1. The molecule has 0 aliphatic heterocycles. The van der Waals surface area contributed by atoms with E-state index in [4.69, 9.17) is 10.4 Å². The summed E-state index contributed by atoms with van der Waals surface area (Å²) in [5, 5.41) is 20.2. The van der Waals surface area contributed by atoms with E-state index in [0.717, 1.165) is 0 Å². The maximum atomic E-state index is 11.5. The van der Waals surface area contributed by atoms with Crippen LogP contribution in [0, 0.1) is 18.3 Å². The Morgan fingerprint density at radius 1 is 1.69 bits per heavy atom. The molecule has 0 spiro atoms. The third kappa shape index (κ3) is 3.04. The molecule has 0 aliphatic carbocycles. The van der Waals surface area contributed by atoms with E-state index in [2.05, 4.69) is 10.3 Å². The average Bonchev–Trinajstić information content (AvgIpc) is 2.25. The van der Waals surface area contributed by atoms with Gasteiger partial charge in [-0.25, -0.2) is 4.98 Å². The second-order valence-corrected chi connectivity index (χ2v) is 3.50. The van der Waals surface area contributed by atoms with Crippen LogP contribution in [0.2, 0.25) is 0 Å². The predicted molar refractivity (Wildman–Crippen MR) is 57.7 cm³/mol. The minimum absolute atomic E-state index is 0.180. The monoisotopic (exact) mass is 219 g/mol. The number of carbonyl (C=O) groups excluding carboxylic acids is 1. The topological polar surface area (TPSA) is 86.0 Å². The van der Waals surface area contributed by atoms with Crippen molar-refractivity contribution in [2.45, 2.75) is 20.0 Å². The van der Waals surface area contributed by atoms with Crippen LogP contribution in [0.25, 0.3) is 0 Å². The molecule has 0 saturated carbocycles. The molecule has 16 heavy (non-hydrogen) atoms. The predicted octanol–water partition coefficient (Wildman–Crippen LogP) is 0.372. The van der Waals surface area contributed by atoms with E-state index >= 15 is 0 Å². The number of nitrogens with one attached hydrogen (secondary N) is 1. The molecule has 0 aromatic carbocycles. The van der Waals surface area contributed by atoms with Gasteiger partial charge in [0.05, 0.1) is 17.4 Å². The summed E-state index contributed by atoms with van der Waals surface area (Å²) in [5.41, 5.74) is 1.22. The van der Waals surface area contributed by atoms with Gasteiger partial charge in [0.25, 0.3) is 5.91 Å². The molecule has 0 bridgehead atoms. The highest BCUT2D eigenvalue weighted by Crippen LogP contribution is 2.05. The number of pyridine rings is 1. The fourth-order valence-electron chi connectivity index (χ4n) is 1.14. The number of aryl methyl sites for hydroxylation is 1. The quantitative estimate of drug-likeness (QED) is 0.769. The molecule has 5 heteroatoms. The van der Waals surface area contributed by atoms with Gasteiger partial charge in [-0.05, 0) is 26.0 Å². The Labute approximate surface area is 93.7 Å². The average molecular weight is 219 g/mol. The van der Waals surface area contributed by atoms with E-state index in [1.165, 1.54) is 6.07 Å². The van der Waals surface area contributed by atoms with Crippen LogP contribution < -0.4 is 5.32 Å². The van der Waals surface area contributed by atoms with Crippen molar-refractivity contribution in [2.24, 2.45) is 0 Å². The first-order valence-corrected chi connectivity index (χ1v) is 4.88. The van der Waals surface area contributed by atoms with Crippen molar-refractivity contribution in [1.29, 1.82) is 5.26 Å². The van der Waals surface area contributed by atoms with Gasteiger partial charge >= 0.3 is 0 Å². The highest BCUT2D eigenvalue weighted by Gasteiger charge is 2.09. The zero-order valence-electron chi connectivity index (χ0n) is 9.19. The third-order valence-corrected chi connectivity index (χ3v) is 2.00. The Bertz CT molecular complexity index is 435. The van der Waals surface area contributed by atoms with E-state index in [-0.39, 0.29) is 18.1 Å². The van der Waals surface area contributed by atoms with Crippen molar-refractivity contribution in [3.63, 3.8) is 0 Å². The molecule has 1 unspecified atom stereocenters. The molecule has 84 valence electrons. The summed E-state index contributed by atoms with van der Waals surface area (Å²) in [5.74, 6) is -0.353. The van der Waals surface area contributed by atoms with E-state index in [1.807, 2.05) is 6.07 Å². The largest absolute Gasteiger partial charge is 0.392 e. The van der Waals surface area contributed by atoms with Crippen LogP contribution in [0.5, 0.6) is 0 Å². The number of carbonyl (C=O) groups is 1. The van der Waals surface area contributed by atoms with Gasteiger partial charge < -0.3 is 10.4 Å². The third-order valence-electron chi connectivity index (χ3n) is 2.00. The number of hydrogen-bond acceptors (Lipinski definition) is 4. The molecule has 0 fully saturated rings. The molecule has 2 N–H and O–H groups in total. The van der Waals surface area contributed by atoms with Gasteiger partial charge in [0.2, 0.25) is 0 Å². The fraction of sp³-hybridized carbons (Fsp3) is 0.364. The van der Waals surface area contributed by atoms with Gasteiger partial charge in [0, 0.05) is 6.54 Å². The Kier molecular flexibility index (Phi) is 3.97. The van der Waals surface area contributed by atoms with Crippen molar-refractivity contribution in [1.82, 2.24) is 10.3 Å². The molecule has 1 aromatic rings. The van der Waals surface area contributed by atoms with Gasteiger partial charge in [-0.1, -0.05) is 0 Å². The maximum absolute atomic E-state index is 11.5. The Morgan fingerprint density at radius 2 is 2.38 bits per heavy atom. The molecule has 0 aliphatic rings. The summed E-state index contributed by atoms with van der Waals surface area (Å²) < 4.78 is 0. The summed E-state index contributed by atoms with van der Waals surface area (Å²) >= 11 is 0. The first-order chi connectivity index (χ1) is 7.54. The van der Waals surface area contributed by atoms with Crippen molar-refractivity contribution in [3.05, 3.63) is 29.1 Å². The van der Waals surface area contributed by atoms with E-state index < -0.39 is 6.10 Å². The van der Waals surface area contributed by atoms with Crippen LogP contribution in [0.3, 0.4) is 0 Å². The van der Waals surface area contributed by atoms with E-state index in [9.17, 15) is 4.79 Å². The number of nitrogens with zero attached hydrogens (tertiary/aromatic N) is 2. The first-order valence-electron chi connectivity index (χ1n) is 4.88. The molecule has 1 heterocycles. The van der Waals surface area contributed by atoms with Crippen molar-refractivity contribution in [2.75, 3.05) is 6.54 Å². The zero-order valence-corrected chi connectivity index (χ0v) is 9.19. The van der Waals surface area contributed by atoms with Crippen LogP contribution in [0.15, 0.2) is 12.1 Å². The van der Waals surface area contributed by atoms with Crippen molar-refractivity contribution < 1.29 is 9.90 Å². The number of aliphatic hydroxyl groups excluding tert-OH is 1. The second-order valence-electron chi connectivity index (χ2n) is 3.50. The van der Waals surface area contributed by atoms with Crippen LogP contribution in [0.4, 0.5) is 0 Å². The smallest absolute Gasteiger partial charge is 0.269 e. The lowest BCUT2D eigenvalue weighted by atomic mass is 10.2. The lowest BCUT2D eigenvalue weighted by Crippen LogP contribution is -2.31. The molecule has 0 radical (unpaired) electrons. The van der Waals surface area contributed by atoms with Gasteiger partial charge in [-0.2, -0.15) is 5.26 Å². The van der Waals surface area contributed by atoms with Crippen LogP contribution >= 0.6 is 0 Å². The summed E-state index contributed by atoms with van der Waals surface area (Å²) in [4.78, 5) is 15.5. The summed E-state index contributed by atoms with van der Waals surface area (Å²) in [7, 11) is 0. The summed E-state index contributed by atoms with van der Waals surface area (Å²) in [6.07, 6.45) is -0.594. The maximum Gasteiger partial charge on any atom is 0.269 e. The Morgan fingerprint density at radius 3 is 2.88 bits per heavy atom. The van der Waals surface area contributed by atoms with Gasteiger partial charge in [0.1, 0.15) is 11.8 Å². The van der Waals surface area contributed by atoms with E-state index in [1.54, 1.807) is 19.9 Å². The number of amides is 1. The standard InChI is InChI=1S/C11H13N3O2/c1-7(15)6-13-11(16)10-4-3-9(5-12)8(2)14-10/h3-4,7,15H,6H2,1-2H3,(H,13,16). The SMILES string of the molecule is Cc1nc(C(=O)NCC(C)O)ccc1C#N. The molecule has 1 atom stereocenters. The molecule has 1 amide bonds. The van der Waals surface area contributed by atoms with Crippen molar-refractivity contribution in [3.8, 4) is 6.07 Å². The normalized spacial score (nSPS) is 11.6. The fourth-order valence-corrected chi connectivity index (χ4v) is 1.14. The highest BCUT2D eigenvalue weighted by molar-refractivity contribution is 5.92. The highest BCUT2D eigenvalue weighted by atomic mass is 16.3. The molecule has 5 nitrogen and oxygen atoms in total. The lowest BCUT2D eigenvalue weighted by molar-refractivity contribution is 0.0919. The molecule has 0 saturated heterocycles. The number of hydrogen-bond donors (Lipinski definition) is 2. The minimum Gasteiger partial charge on any atom is -0.392 e. The number of nitriles is 1. The Hall–Kier alpha value is -1.93. The van der Waals surface area contributed by atoms with E-state index in [0.29, 0.717) is 11.3 Å². The molecule has 1 rings (SSSR count). The van der Waals surface area contributed by atoms with Crippen LogP contribution in [-0.2, 0) is 0 Å². The van der Waals surface area contributed by atoms with Crippen molar-refractivity contribution >= 4 is 5.91 Å². The lowest BCUT2D eigenvalue weighted by Gasteiger charge is -2.07. The number of aliphatic hydroxyl groups is 1. The first kappa shape index (κ1) is 12.1. The van der Waals surface area contributed by atoms with Crippen LogP contribution in [0.1, 0.15) is 28.7 Å². The molecular formula is C11H13N3O2. The summed E-state index contributed by atoms with van der Waals surface area (Å²) in [6.45, 7) is 3.43. The van der Waals surface area contributed by atoms with Gasteiger partial charge in [-0.15, -0.1) is 0 Å². The minimum atomic E-state index is -0.594. The Balaban J connectivity index is 2.78. The summed E-state index contributed by atoms with van der Waals surface area (Å²) in [6, 6.07) is 5.02. The number of rotatable bonds is 3. The molecular weight excluding hydrogens is 206 g/mol.